The first-order chi connectivity index (χ1) is 9.26. The van der Waals surface area contributed by atoms with E-state index >= 15 is 0 Å². The second-order valence-corrected chi connectivity index (χ2v) is 8.35. The average Bonchev–Trinajstić information content (AvgIpc) is 3.03. The summed E-state index contributed by atoms with van der Waals surface area (Å²) in [7, 11) is 0. The molecular weight excluding hydrogens is 320 g/mol. The van der Waals surface area contributed by atoms with Crippen molar-refractivity contribution >= 4 is 27.3 Å². The molecule has 3 heterocycles. The Kier molecular flexibility index (Phi) is 4.62. The molecule has 1 aromatic heterocycles. The minimum atomic E-state index is 0.776. The van der Waals surface area contributed by atoms with Gasteiger partial charge in [-0.3, -0.25) is 9.80 Å². The molecule has 0 amide bonds. The Labute approximate surface area is 128 Å². The van der Waals surface area contributed by atoms with E-state index in [4.69, 9.17) is 0 Å². The summed E-state index contributed by atoms with van der Waals surface area (Å²) < 4.78 is 1.26. The molecule has 3 rings (SSSR count). The van der Waals surface area contributed by atoms with Gasteiger partial charge in [-0.05, 0) is 60.3 Å². The number of nitrogens with zero attached hydrogens (tertiary/aromatic N) is 2. The van der Waals surface area contributed by atoms with E-state index in [0.717, 1.165) is 12.1 Å². The number of halogens is 1. The van der Waals surface area contributed by atoms with Gasteiger partial charge in [-0.15, -0.1) is 11.3 Å². The Morgan fingerprint density at radius 2 is 2.26 bits per heavy atom. The van der Waals surface area contributed by atoms with Crippen LogP contribution in [0, 0.1) is 0 Å². The number of fused-ring (bicyclic) bond motifs is 1. The van der Waals surface area contributed by atoms with Crippen LogP contribution in [0.15, 0.2) is 15.9 Å². The lowest BCUT2D eigenvalue weighted by atomic mass is 10.0. The van der Waals surface area contributed by atoms with Crippen molar-refractivity contribution in [2.75, 3.05) is 26.2 Å². The van der Waals surface area contributed by atoms with Gasteiger partial charge in [0, 0.05) is 36.6 Å². The lowest BCUT2D eigenvalue weighted by Gasteiger charge is -2.43. The smallest absolute Gasteiger partial charge is 0.0701 e. The summed E-state index contributed by atoms with van der Waals surface area (Å²) >= 11 is 5.44. The molecule has 4 heteroatoms. The van der Waals surface area contributed by atoms with Crippen LogP contribution in [0.1, 0.15) is 31.1 Å². The van der Waals surface area contributed by atoms with E-state index < -0.39 is 0 Å². The highest BCUT2D eigenvalue weighted by Crippen LogP contribution is 2.27. The van der Waals surface area contributed by atoms with Crippen molar-refractivity contribution in [1.82, 2.24) is 9.80 Å². The van der Waals surface area contributed by atoms with Crippen LogP contribution in [0.5, 0.6) is 0 Å². The van der Waals surface area contributed by atoms with Crippen LogP contribution in [0.2, 0.25) is 0 Å². The van der Waals surface area contributed by atoms with Crippen LogP contribution in [0.25, 0.3) is 0 Å². The number of piperazine rings is 1. The Balaban J connectivity index is 1.58. The Bertz CT molecular complexity index is 420. The van der Waals surface area contributed by atoms with Crippen LogP contribution < -0.4 is 0 Å². The first-order valence-corrected chi connectivity index (χ1v) is 9.09. The van der Waals surface area contributed by atoms with Crippen LogP contribution in [-0.2, 0) is 6.42 Å². The molecule has 106 valence electrons. The van der Waals surface area contributed by atoms with E-state index in [0.29, 0.717) is 0 Å². The molecule has 2 atom stereocenters. The molecule has 2 aliphatic heterocycles. The summed E-state index contributed by atoms with van der Waals surface area (Å²) in [6.07, 6.45) is 5.32. The number of hydrogen-bond donors (Lipinski definition) is 0. The molecular formula is C15H23BrN2S. The normalized spacial score (nSPS) is 28.7. The summed E-state index contributed by atoms with van der Waals surface area (Å²) in [5, 5.41) is 0. The predicted octanol–water partition coefficient (Wildman–Crippen LogP) is 3.61. The van der Waals surface area contributed by atoms with Crippen LogP contribution in [-0.4, -0.2) is 48.1 Å². The van der Waals surface area contributed by atoms with Crippen molar-refractivity contribution in [3.05, 3.63) is 20.8 Å². The molecule has 0 radical (unpaired) electrons. The van der Waals surface area contributed by atoms with Crippen LogP contribution >= 0.6 is 27.3 Å². The van der Waals surface area contributed by atoms with Gasteiger partial charge in [0.05, 0.1) is 3.79 Å². The van der Waals surface area contributed by atoms with Crippen molar-refractivity contribution in [2.24, 2.45) is 0 Å². The summed E-state index contributed by atoms with van der Waals surface area (Å²) in [5.41, 5.74) is 0. The van der Waals surface area contributed by atoms with Crippen LogP contribution in [0.4, 0.5) is 0 Å². The van der Waals surface area contributed by atoms with Gasteiger partial charge in [0.1, 0.15) is 0 Å². The zero-order valence-electron chi connectivity index (χ0n) is 11.6. The summed E-state index contributed by atoms with van der Waals surface area (Å²) in [6, 6.07) is 6.06. The quantitative estimate of drug-likeness (QED) is 0.824. The highest BCUT2D eigenvalue weighted by atomic mass is 79.9. The summed E-state index contributed by atoms with van der Waals surface area (Å²) in [4.78, 5) is 6.99. The molecule has 1 aromatic rings. The van der Waals surface area contributed by atoms with Gasteiger partial charge >= 0.3 is 0 Å². The highest BCUT2D eigenvalue weighted by molar-refractivity contribution is 9.11. The summed E-state index contributed by atoms with van der Waals surface area (Å²) in [5.74, 6) is 0. The number of rotatable bonds is 4. The Morgan fingerprint density at radius 1 is 1.37 bits per heavy atom. The standard InChI is InChI=1S/C15H23BrN2S/c1-2-12-10-17-8-3-4-13(17)11-18(12)9-7-14-5-6-15(16)19-14/h5-6,12-13H,2-4,7-11H2,1H3. The van der Waals surface area contributed by atoms with Gasteiger partial charge in [-0.1, -0.05) is 6.92 Å². The van der Waals surface area contributed by atoms with Crippen molar-refractivity contribution in [1.29, 1.82) is 0 Å². The van der Waals surface area contributed by atoms with E-state index in [1.54, 1.807) is 0 Å². The predicted molar refractivity (Wildman–Crippen MR) is 86.0 cm³/mol. The van der Waals surface area contributed by atoms with Gasteiger partial charge < -0.3 is 0 Å². The topological polar surface area (TPSA) is 6.48 Å². The average molecular weight is 343 g/mol. The van der Waals surface area contributed by atoms with E-state index in [1.807, 2.05) is 11.3 Å². The van der Waals surface area contributed by atoms with Crippen LogP contribution in [0.3, 0.4) is 0 Å². The summed E-state index contributed by atoms with van der Waals surface area (Å²) in [6.45, 7) is 7.51. The van der Waals surface area contributed by atoms with Gasteiger partial charge in [-0.25, -0.2) is 0 Å². The molecule has 2 saturated heterocycles. The van der Waals surface area contributed by atoms with Crippen molar-refractivity contribution < 1.29 is 0 Å². The molecule has 0 aliphatic carbocycles. The van der Waals surface area contributed by atoms with E-state index in [1.165, 1.54) is 60.5 Å². The van der Waals surface area contributed by atoms with Crippen molar-refractivity contribution in [3.63, 3.8) is 0 Å². The second-order valence-electron chi connectivity index (χ2n) is 5.80. The first-order valence-electron chi connectivity index (χ1n) is 7.48. The van der Waals surface area contributed by atoms with E-state index in [2.05, 4.69) is 44.8 Å². The fourth-order valence-electron chi connectivity index (χ4n) is 3.55. The van der Waals surface area contributed by atoms with Gasteiger partial charge in [0.25, 0.3) is 0 Å². The van der Waals surface area contributed by atoms with E-state index in [9.17, 15) is 0 Å². The minimum absolute atomic E-state index is 0.776. The third kappa shape index (κ3) is 3.23. The molecule has 0 saturated carbocycles. The third-order valence-corrected chi connectivity index (χ3v) is 6.33. The monoisotopic (exact) mass is 342 g/mol. The van der Waals surface area contributed by atoms with Gasteiger partial charge in [-0.2, -0.15) is 0 Å². The lowest BCUT2D eigenvalue weighted by Crippen LogP contribution is -2.56. The molecule has 0 bridgehead atoms. The molecule has 2 nitrogen and oxygen atoms in total. The lowest BCUT2D eigenvalue weighted by molar-refractivity contribution is 0.0503. The maximum absolute atomic E-state index is 3.56. The maximum atomic E-state index is 3.56. The van der Waals surface area contributed by atoms with Crippen molar-refractivity contribution in [2.45, 2.75) is 44.7 Å². The molecule has 19 heavy (non-hydrogen) atoms. The Morgan fingerprint density at radius 3 is 3.00 bits per heavy atom. The highest BCUT2D eigenvalue weighted by Gasteiger charge is 2.35. The molecule has 2 unspecified atom stereocenters. The SMILES string of the molecule is CCC1CN2CCCC2CN1CCc1ccc(Br)s1. The molecule has 2 fully saturated rings. The number of thiophene rings is 1. The maximum Gasteiger partial charge on any atom is 0.0701 e. The first kappa shape index (κ1) is 14.1. The molecule has 0 N–H and O–H groups in total. The molecule has 0 spiro atoms. The fraction of sp³-hybridized carbons (Fsp3) is 0.733. The largest absolute Gasteiger partial charge is 0.298 e. The minimum Gasteiger partial charge on any atom is -0.298 e. The zero-order chi connectivity index (χ0) is 13.2. The zero-order valence-corrected chi connectivity index (χ0v) is 14.0. The second kappa shape index (κ2) is 6.25. The molecule has 0 aromatic carbocycles. The fourth-order valence-corrected chi connectivity index (χ4v) is 5.02. The third-order valence-electron chi connectivity index (χ3n) is 4.65. The number of hydrogen-bond acceptors (Lipinski definition) is 3. The van der Waals surface area contributed by atoms with Crippen molar-refractivity contribution in [3.8, 4) is 0 Å². The Hall–Kier alpha value is 0.1000. The van der Waals surface area contributed by atoms with E-state index in [-0.39, 0.29) is 0 Å². The van der Waals surface area contributed by atoms with Gasteiger partial charge in [0.15, 0.2) is 0 Å². The van der Waals surface area contributed by atoms with Gasteiger partial charge in [0.2, 0.25) is 0 Å². The molecule has 2 aliphatic rings.